The lowest BCUT2D eigenvalue weighted by atomic mass is 9.76. The minimum Gasteiger partial charge on any atom is -0.497 e. The molecule has 5 atom stereocenters. The molecule has 0 bridgehead atoms. The van der Waals surface area contributed by atoms with E-state index < -0.39 is 47.2 Å². The van der Waals surface area contributed by atoms with Crippen LogP contribution in [0.5, 0.6) is 5.75 Å². The summed E-state index contributed by atoms with van der Waals surface area (Å²) < 4.78 is 5.16. The van der Waals surface area contributed by atoms with Gasteiger partial charge in [0.2, 0.25) is 17.7 Å². The fraction of sp³-hybridized carbons (Fsp3) is 0.348. The Morgan fingerprint density at radius 2 is 1.88 bits per heavy atom. The van der Waals surface area contributed by atoms with E-state index in [1.165, 1.54) is 4.90 Å². The Hall–Kier alpha value is -2.94. The number of methoxy groups -OCH3 is 1. The number of aliphatic hydroxyl groups excluding tert-OH is 1. The van der Waals surface area contributed by atoms with E-state index in [2.05, 4.69) is 10.6 Å². The topological polar surface area (TPSA) is 108 Å². The summed E-state index contributed by atoms with van der Waals surface area (Å²) in [6, 6.07) is 11.4. The van der Waals surface area contributed by atoms with Crippen LogP contribution in [-0.2, 0) is 26.5 Å². The number of likely N-dealkylation sites (tertiary alicyclic amines) is 1. The van der Waals surface area contributed by atoms with Crippen LogP contribution in [0.4, 0.5) is 5.69 Å². The van der Waals surface area contributed by atoms with Crippen LogP contribution in [0.1, 0.15) is 18.1 Å². The Morgan fingerprint density at radius 3 is 2.53 bits per heavy atom. The summed E-state index contributed by atoms with van der Waals surface area (Å²) in [5.74, 6) is -2.52. The van der Waals surface area contributed by atoms with Crippen molar-refractivity contribution in [3.05, 3.63) is 58.6 Å². The van der Waals surface area contributed by atoms with Crippen molar-refractivity contribution in [2.75, 3.05) is 12.4 Å². The monoisotopic (exact) mass is 455 g/mol. The third kappa shape index (κ3) is 2.73. The number of anilines is 1. The van der Waals surface area contributed by atoms with Crippen molar-refractivity contribution in [1.82, 2.24) is 10.2 Å². The summed E-state index contributed by atoms with van der Waals surface area (Å²) in [6.07, 6.45) is -0.962. The maximum atomic E-state index is 13.6. The first-order chi connectivity index (χ1) is 15.3. The fourth-order valence-corrected chi connectivity index (χ4v) is 5.49. The van der Waals surface area contributed by atoms with Gasteiger partial charge in [0.1, 0.15) is 11.3 Å². The van der Waals surface area contributed by atoms with Crippen molar-refractivity contribution in [3.63, 3.8) is 0 Å². The van der Waals surface area contributed by atoms with Crippen molar-refractivity contribution in [2.24, 2.45) is 11.8 Å². The smallest absolute Gasteiger partial charge is 0.250 e. The summed E-state index contributed by atoms with van der Waals surface area (Å²) in [5, 5.41) is 16.7. The quantitative estimate of drug-likeness (QED) is 0.605. The van der Waals surface area contributed by atoms with Crippen LogP contribution in [0.3, 0.4) is 0 Å². The van der Waals surface area contributed by atoms with Gasteiger partial charge in [-0.15, -0.1) is 0 Å². The van der Waals surface area contributed by atoms with Crippen LogP contribution in [-0.4, -0.2) is 47.0 Å². The molecule has 32 heavy (non-hydrogen) atoms. The molecule has 1 spiro atoms. The SMILES string of the molecule is COc1ccc(CN2C(=O)[C@H]3[C@H]([C@H](C)O)N[C@]4(C(=O)Nc5c(Cl)cccc54)[C@@H]3C2=O)cc1. The molecule has 3 amide bonds. The highest BCUT2D eigenvalue weighted by molar-refractivity contribution is 6.35. The lowest BCUT2D eigenvalue weighted by Crippen LogP contribution is -2.54. The van der Waals surface area contributed by atoms with Crippen LogP contribution >= 0.6 is 11.6 Å². The number of rotatable bonds is 4. The van der Waals surface area contributed by atoms with Gasteiger partial charge in [0.05, 0.1) is 42.3 Å². The van der Waals surface area contributed by atoms with Gasteiger partial charge >= 0.3 is 0 Å². The number of fused-ring (bicyclic) bond motifs is 4. The molecule has 3 aliphatic heterocycles. The van der Waals surface area contributed by atoms with E-state index in [-0.39, 0.29) is 6.54 Å². The Labute approximate surface area is 189 Å². The molecular weight excluding hydrogens is 434 g/mol. The van der Waals surface area contributed by atoms with Gasteiger partial charge in [0.25, 0.3) is 0 Å². The molecule has 2 saturated heterocycles. The van der Waals surface area contributed by atoms with Crippen molar-refractivity contribution in [2.45, 2.75) is 31.2 Å². The number of nitrogens with zero attached hydrogens (tertiary/aromatic N) is 1. The molecule has 2 aromatic rings. The average Bonchev–Trinajstić information content (AvgIpc) is 3.36. The number of aliphatic hydroxyl groups is 1. The number of carbonyl (C=O) groups is 3. The maximum Gasteiger partial charge on any atom is 0.250 e. The first-order valence-corrected chi connectivity index (χ1v) is 10.7. The molecule has 2 fully saturated rings. The molecule has 0 aromatic heterocycles. The number of nitrogens with one attached hydrogen (secondary N) is 2. The van der Waals surface area contributed by atoms with Crippen LogP contribution < -0.4 is 15.4 Å². The Kier molecular flexibility index (Phi) is 4.77. The summed E-state index contributed by atoms with van der Waals surface area (Å²) in [5.41, 5.74) is 0.210. The van der Waals surface area contributed by atoms with E-state index >= 15 is 0 Å². The third-order valence-corrected chi connectivity index (χ3v) is 7.06. The van der Waals surface area contributed by atoms with Gasteiger partial charge in [-0.1, -0.05) is 35.9 Å². The van der Waals surface area contributed by atoms with E-state index in [9.17, 15) is 19.5 Å². The molecule has 8 nitrogen and oxygen atoms in total. The largest absolute Gasteiger partial charge is 0.497 e. The van der Waals surface area contributed by atoms with Crippen LogP contribution in [0.15, 0.2) is 42.5 Å². The number of hydrogen-bond donors (Lipinski definition) is 3. The lowest BCUT2D eigenvalue weighted by Gasteiger charge is -2.30. The molecule has 2 aromatic carbocycles. The van der Waals surface area contributed by atoms with E-state index in [1.807, 2.05) is 0 Å². The van der Waals surface area contributed by atoms with Gasteiger partial charge in [-0.05, 0) is 30.7 Å². The molecule has 0 aliphatic carbocycles. The average molecular weight is 456 g/mol. The number of carbonyl (C=O) groups excluding carboxylic acids is 3. The zero-order chi connectivity index (χ0) is 22.8. The minimum atomic E-state index is -1.48. The number of para-hydroxylation sites is 1. The lowest BCUT2D eigenvalue weighted by molar-refractivity contribution is -0.143. The highest BCUT2D eigenvalue weighted by atomic mass is 35.5. The minimum absolute atomic E-state index is 0.0707. The zero-order valence-corrected chi connectivity index (χ0v) is 18.2. The Morgan fingerprint density at radius 1 is 1.16 bits per heavy atom. The highest BCUT2D eigenvalue weighted by Gasteiger charge is 2.71. The van der Waals surface area contributed by atoms with Gasteiger partial charge in [0, 0.05) is 11.6 Å². The van der Waals surface area contributed by atoms with E-state index in [0.29, 0.717) is 22.0 Å². The summed E-state index contributed by atoms with van der Waals surface area (Å²) in [7, 11) is 1.56. The normalized spacial score (nSPS) is 29.3. The van der Waals surface area contributed by atoms with Crippen molar-refractivity contribution < 1.29 is 24.2 Å². The van der Waals surface area contributed by atoms with Crippen LogP contribution in [0.25, 0.3) is 0 Å². The number of amides is 3. The molecular formula is C23H22ClN3O5. The van der Waals surface area contributed by atoms with Gasteiger partial charge in [-0.25, -0.2) is 0 Å². The number of imide groups is 1. The van der Waals surface area contributed by atoms with E-state index in [1.54, 1.807) is 56.5 Å². The molecule has 9 heteroatoms. The number of halogens is 1. The standard InChI is InChI=1S/C23H22ClN3O5/c1-11(28)18-16-17(23(26-18)14-4-3-5-15(24)19(14)25-22(23)31)21(30)27(20(16)29)10-12-6-8-13(32-2)9-7-12/h3-9,11,16-18,26,28H,10H2,1-2H3,(H,25,31)/t11-,16+,17-,18-,23-/m0/s1. The second-order valence-corrected chi connectivity index (χ2v) is 8.86. The maximum absolute atomic E-state index is 13.6. The van der Waals surface area contributed by atoms with Crippen LogP contribution in [0, 0.1) is 11.8 Å². The number of ether oxygens (including phenoxy) is 1. The molecule has 0 unspecified atom stereocenters. The van der Waals surface area contributed by atoms with Gasteiger partial charge in [-0.2, -0.15) is 0 Å². The molecule has 0 radical (unpaired) electrons. The van der Waals surface area contributed by atoms with Crippen LogP contribution in [0.2, 0.25) is 5.02 Å². The molecule has 5 rings (SSSR count). The summed E-state index contributed by atoms with van der Waals surface area (Å²) in [6.45, 7) is 1.62. The van der Waals surface area contributed by atoms with Crippen molar-refractivity contribution >= 4 is 35.0 Å². The molecule has 3 aliphatic rings. The predicted octanol–water partition coefficient (Wildman–Crippen LogP) is 1.65. The molecule has 166 valence electrons. The zero-order valence-electron chi connectivity index (χ0n) is 17.5. The predicted molar refractivity (Wildman–Crippen MR) is 116 cm³/mol. The van der Waals surface area contributed by atoms with Gasteiger partial charge in [-0.3, -0.25) is 24.6 Å². The van der Waals surface area contributed by atoms with E-state index in [4.69, 9.17) is 16.3 Å². The van der Waals surface area contributed by atoms with Crippen molar-refractivity contribution in [3.8, 4) is 5.75 Å². The first kappa shape index (κ1) is 20.9. The van der Waals surface area contributed by atoms with Gasteiger partial charge in [0.15, 0.2) is 0 Å². The first-order valence-electron chi connectivity index (χ1n) is 10.3. The Balaban J connectivity index is 1.58. The summed E-state index contributed by atoms with van der Waals surface area (Å²) >= 11 is 6.30. The molecule has 3 heterocycles. The molecule has 3 N–H and O–H groups in total. The number of benzene rings is 2. The fourth-order valence-electron chi connectivity index (χ4n) is 5.27. The second kappa shape index (κ2) is 7.30. The second-order valence-electron chi connectivity index (χ2n) is 8.45. The van der Waals surface area contributed by atoms with Gasteiger partial charge < -0.3 is 15.2 Å². The van der Waals surface area contributed by atoms with Crippen molar-refractivity contribution in [1.29, 1.82) is 0 Å². The highest BCUT2D eigenvalue weighted by Crippen LogP contribution is 2.54. The summed E-state index contributed by atoms with van der Waals surface area (Å²) in [4.78, 5) is 41.6. The van der Waals surface area contributed by atoms with E-state index in [0.717, 1.165) is 5.56 Å². The molecule has 0 saturated carbocycles. The Bertz CT molecular complexity index is 1130. The number of hydrogen-bond acceptors (Lipinski definition) is 6. The third-order valence-electron chi connectivity index (χ3n) is 6.74.